The fraction of sp³-hybridized carbons (Fsp3) is 1.00. The molecule has 0 radical (unpaired) electrons. The monoisotopic (exact) mass is 350 g/mol. The van der Waals surface area contributed by atoms with Gasteiger partial charge in [-0.2, -0.15) is 17.4 Å². The average Bonchev–Trinajstić information content (AvgIpc) is 2.70. The maximum Gasteiger partial charge on any atom is 0.451 e. The Morgan fingerprint density at radius 3 is 2.57 bits per heavy atom. The lowest BCUT2D eigenvalue weighted by Gasteiger charge is -2.41. The van der Waals surface area contributed by atoms with E-state index in [0.29, 0.717) is 19.4 Å². The van der Waals surface area contributed by atoms with Gasteiger partial charge in [-0.1, -0.05) is 6.42 Å². The summed E-state index contributed by atoms with van der Waals surface area (Å²) in [5, 5.41) is 17.8. The van der Waals surface area contributed by atoms with Gasteiger partial charge in [0.1, 0.15) is 0 Å². The highest BCUT2D eigenvalue weighted by molar-refractivity contribution is 7.87. The van der Waals surface area contributed by atoms with Crippen molar-refractivity contribution in [3.8, 4) is 0 Å². The molecule has 0 saturated carbocycles. The van der Waals surface area contributed by atoms with Gasteiger partial charge in [0.25, 0.3) is 10.2 Å². The predicted molar refractivity (Wildman–Crippen MR) is 86.5 cm³/mol. The van der Waals surface area contributed by atoms with Crippen LogP contribution in [0.25, 0.3) is 0 Å². The van der Waals surface area contributed by atoms with Gasteiger partial charge in [-0.3, -0.25) is 0 Å². The van der Waals surface area contributed by atoms with Crippen LogP contribution in [-0.4, -0.2) is 73.8 Å². The molecule has 0 spiro atoms. The van der Waals surface area contributed by atoms with Gasteiger partial charge in [0.05, 0.1) is 18.8 Å². The van der Waals surface area contributed by atoms with Crippen LogP contribution in [-0.2, 0) is 14.9 Å². The summed E-state index contributed by atoms with van der Waals surface area (Å²) in [6, 6.07) is 0. The maximum absolute atomic E-state index is 12.6. The summed E-state index contributed by atoms with van der Waals surface area (Å²) in [4.78, 5) is 0. The van der Waals surface area contributed by atoms with Crippen molar-refractivity contribution in [1.82, 2.24) is 9.03 Å². The van der Waals surface area contributed by atoms with Crippen LogP contribution in [0.2, 0.25) is 6.32 Å². The molecule has 0 aliphatic carbocycles. The Kier molecular flexibility index (Phi) is 5.74. The first-order chi connectivity index (χ1) is 10.6. The molecule has 0 amide bonds. The van der Waals surface area contributed by atoms with Crippen molar-refractivity contribution in [2.45, 2.75) is 37.2 Å². The van der Waals surface area contributed by atoms with Crippen LogP contribution in [0.3, 0.4) is 0 Å². The number of hydrogen-bond donors (Lipinski definition) is 5. The van der Waals surface area contributed by atoms with Gasteiger partial charge in [-0.25, -0.2) is 0 Å². The van der Waals surface area contributed by atoms with E-state index in [4.69, 9.17) is 26.3 Å². The molecule has 0 unspecified atom stereocenters. The standard InChI is InChI=1S/C12H27BN4O5S/c1-11(15)7-17(5-10(11)3-2-4-13(18)19)23(20,21)16-12(6-14)8-22-9-12/h10,16,18-19H,2-9,14-15H2,1H3/t10-,11-/m0/s1. The van der Waals surface area contributed by atoms with Crippen molar-refractivity contribution < 1.29 is 23.2 Å². The zero-order chi connectivity index (χ0) is 17.3. The predicted octanol–water partition coefficient (Wildman–Crippen LogP) is -2.55. The average molecular weight is 350 g/mol. The highest BCUT2D eigenvalue weighted by Crippen LogP contribution is 2.31. The number of rotatable bonds is 8. The van der Waals surface area contributed by atoms with E-state index in [-0.39, 0.29) is 38.5 Å². The fourth-order valence-corrected chi connectivity index (χ4v) is 4.79. The van der Waals surface area contributed by atoms with Gasteiger partial charge in [-0.05, 0) is 25.6 Å². The lowest BCUT2D eigenvalue weighted by Crippen LogP contribution is -2.67. The highest BCUT2D eigenvalue weighted by atomic mass is 32.2. The second kappa shape index (κ2) is 6.92. The SMILES string of the molecule is C[C@]1(N)CN(S(=O)(=O)NC2(CN)COC2)C[C@@H]1CCCB(O)O. The molecule has 9 nitrogen and oxygen atoms in total. The van der Waals surface area contributed by atoms with Crippen molar-refractivity contribution in [2.75, 3.05) is 32.8 Å². The summed E-state index contributed by atoms with van der Waals surface area (Å²) in [5.41, 5.74) is 10.5. The first kappa shape index (κ1) is 19.1. The van der Waals surface area contributed by atoms with Crippen LogP contribution >= 0.6 is 0 Å². The van der Waals surface area contributed by atoms with Crippen LogP contribution in [0.4, 0.5) is 0 Å². The number of nitrogens with zero attached hydrogens (tertiary/aromatic N) is 1. The Morgan fingerprint density at radius 2 is 2.09 bits per heavy atom. The van der Waals surface area contributed by atoms with Crippen molar-refractivity contribution in [2.24, 2.45) is 17.4 Å². The van der Waals surface area contributed by atoms with Crippen LogP contribution < -0.4 is 16.2 Å². The van der Waals surface area contributed by atoms with E-state index in [1.807, 2.05) is 6.92 Å². The molecule has 2 aliphatic heterocycles. The number of ether oxygens (including phenoxy) is 1. The zero-order valence-electron chi connectivity index (χ0n) is 13.4. The number of nitrogens with one attached hydrogen (secondary N) is 1. The molecule has 2 saturated heterocycles. The van der Waals surface area contributed by atoms with Crippen molar-refractivity contribution in [3.05, 3.63) is 0 Å². The summed E-state index contributed by atoms with van der Waals surface area (Å²) < 4.78 is 34.2. The molecule has 7 N–H and O–H groups in total. The minimum atomic E-state index is -3.69. The van der Waals surface area contributed by atoms with Gasteiger partial charge >= 0.3 is 7.12 Å². The second-order valence-electron chi connectivity index (χ2n) is 6.99. The molecule has 2 rings (SSSR count). The molecule has 134 valence electrons. The normalized spacial score (nSPS) is 31.1. The third-order valence-electron chi connectivity index (χ3n) is 4.72. The Hall–Kier alpha value is -0.265. The van der Waals surface area contributed by atoms with Gasteiger partial charge in [-0.15, -0.1) is 0 Å². The van der Waals surface area contributed by atoms with Crippen molar-refractivity contribution in [3.63, 3.8) is 0 Å². The summed E-state index contributed by atoms with van der Waals surface area (Å²) in [6.45, 7) is 3.08. The second-order valence-corrected chi connectivity index (χ2v) is 8.66. The minimum Gasteiger partial charge on any atom is -0.427 e. The Balaban J connectivity index is 1.98. The molecule has 2 atom stereocenters. The maximum atomic E-state index is 12.6. The number of nitrogens with two attached hydrogens (primary N) is 2. The lowest BCUT2D eigenvalue weighted by atomic mass is 9.79. The van der Waals surface area contributed by atoms with E-state index >= 15 is 0 Å². The largest absolute Gasteiger partial charge is 0.451 e. The molecule has 2 aliphatic rings. The van der Waals surface area contributed by atoms with E-state index in [2.05, 4.69) is 4.72 Å². The molecule has 2 heterocycles. The van der Waals surface area contributed by atoms with Gasteiger partial charge < -0.3 is 26.3 Å². The molecule has 0 aromatic heterocycles. The van der Waals surface area contributed by atoms with E-state index in [9.17, 15) is 8.42 Å². The van der Waals surface area contributed by atoms with Crippen LogP contribution in [0.5, 0.6) is 0 Å². The summed E-state index contributed by atoms with van der Waals surface area (Å²) in [6.07, 6.45) is 1.48. The van der Waals surface area contributed by atoms with Crippen LogP contribution in [0, 0.1) is 5.92 Å². The summed E-state index contributed by atoms with van der Waals surface area (Å²) in [7, 11) is -5.03. The summed E-state index contributed by atoms with van der Waals surface area (Å²) >= 11 is 0. The van der Waals surface area contributed by atoms with E-state index in [1.54, 1.807) is 0 Å². The van der Waals surface area contributed by atoms with E-state index in [1.165, 1.54) is 4.31 Å². The lowest BCUT2D eigenvalue weighted by molar-refractivity contribution is -0.0579. The first-order valence-electron chi connectivity index (χ1n) is 7.82. The molecule has 2 fully saturated rings. The summed E-state index contributed by atoms with van der Waals surface area (Å²) in [5.74, 6) is -0.0377. The molecular formula is C12H27BN4O5S. The van der Waals surface area contributed by atoms with Crippen LogP contribution in [0.1, 0.15) is 19.8 Å². The zero-order valence-corrected chi connectivity index (χ0v) is 14.3. The topological polar surface area (TPSA) is 151 Å². The van der Waals surface area contributed by atoms with Crippen molar-refractivity contribution >= 4 is 17.3 Å². The van der Waals surface area contributed by atoms with E-state index in [0.717, 1.165) is 0 Å². The molecular weight excluding hydrogens is 323 g/mol. The Bertz CT molecular complexity index is 506. The van der Waals surface area contributed by atoms with Gasteiger partial charge in [0.2, 0.25) is 0 Å². The van der Waals surface area contributed by atoms with Crippen LogP contribution in [0.15, 0.2) is 0 Å². The molecule has 23 heavy (non-hydrogen) atoms. The Morgan fingerprint density at radius 1 is 1.43 bits per heavy atom. The highest BCUT2D eigenvalue weighted by Gasteiger charge is 2.48. The Labute approximate surface area is 137 Å². The fourth-order valence-electron chi connectivity index (χ4n) is 3.08. The third-order valence-corrected chi connectivity index (χ3v) is 6.37. The molecule has 0 aromatic rings. The molecule has 11 heteroatoms. The molecule has 0 aromatic carbocycles. The quantitative estimate of drug-likeness (QED) is 0.302. The smallest absolute Gasteiger partial charge is 0.427 e. The third kappa shape index (κ3) is 4.43. The molecule has 0 bridgehead atoms. The van der Waals surface area contributed by atoms with E-state index < -0.39 is 28.4 Å². The van der Waals surface area contributed by atoms with Gasteiger partial charge in [0.15, 0.2) is 0 Å². The van der Waals surface area contributed by atoms with Gasteiger partial charge in [0, 0.05) is 25.2 Å². The minimum absolute atomic E-state index is 0.0377. The number of hydrogen-bond acceptors (Lipinski definition) is 7. The van der Waals surface area contributed by atoms with Crippen molar-refractivity contribution in [1.29, 1.82) is 0 Å². The first-order valence-corrected chi connectivity index (χ1v) is 9.26.